The van der Waals surface area contributed by atoms with Crippen LogP contribution < -0.4 is 4.90 Å². The van der Waals surface area contributed by atoms with Gasteiger partial charge in [-0.2, -0.15) is 0 Å². The van der Waals surface area contributed by atoms with Crippen LogP contribution in [0.15, 0.2) is 49.2 Å². The Morgan fingerprint density at radius 1 is 0.966 bits per heavy atom. The standard InChI is InChI=1S/C16H28N2.C8H10.C3H6/c1-6-9-18(10-7-2)16-14(5)11-15(12-17-16)13(4)8-3;1-7-3-5-8(2)6-4-7;1-3-2/h11-13H,6-10H2,1-5H3;3-6H,1-2H3;3H,1H2,2H3. The van der Waals surface area contributed by atoms with Gasteiger partial charge in [0.05, 0.1) is 0 Å². The van der Waals surface area contributed by atoms with Crippen LogP contribution in [0.25, 0.3) is 0 Å². The van der Waals surface area contributed by atoms with E-state index in [4.69, 9.17) is 4.98 Å². The molecule has 0 aliphatic heterocycles. The third-order valence-electron chi connectivity index (χ3n) is 4.76. The smallest absolute Gasteiger partial charge is 0.131 e. The second-order valence-electron chi connectivity index (χ2n) is 7.77. The molecule has 2 heteroatoms. The highest BCUT2D eigenvalue weighted by molar-refractivity contribution is 5.47. The quantitative estimate of drug-likeness (QED) is 0.440. The fraction of sp³-hybridized carbons (Fsp3) is 0.519. The van der Waals surface area contributed by atoms with Crippen molar-refractivity contribution >= 4 is 5.82 Å². The first kappa shape index (κ1) is 26.9. The van der Waals surface area contributed by atoms with E-state index in [-0.39, 0.29) is 0 Å². The topological polar surface area (TPSA) is 16.1 Å². The predicted molar refractivity (Wildman–Crippen MR) is 132 cm³/mol. The van der Waals surface area contributed by atoms with Crippen LogP contribution in [0, 0.1) is 20.8 Å². The third-order valence-corrected chi connectivity index (χ3v) is 4.76. The van der Waals surface area contributed by atoms with Crippen molar-refractivity contribution in [2.24, 2.45) is 0 Å². The summed E-state index contributed by atoms with van der Waals surface area (Å²) in [6, 6.07) is 10.8. The minimum atomic E-state index is 0.607. The maximum atomic E-state index is 4.71. The number of rotatable bonds is 7. The van der Waals surface area contributed by atoms with Gasteiger partial charge in [-0.1, -0.05) is 75.2 Å². The molecule has 0 aliphatic rings. The van der Waals surface area contributed by atoms with E-state index in [1.165, 1.54) is 47.3 Å². The molecule has 2 nitrogen and oxygen atoms in total. The first-order valence-corrected chi connectivity index (χ1v) is 11.2. The Morgan fingerprint density at radius 2 is 1.41 bits per heavy atom. The lowest BCUT2D eigenvalue weighted by molar-refractivity contribution is 0.714. The molecule has 1 aromatic carbocycles. The number of pyridine rings is 1. The molecule has 2 aromatic rings. The number of hydrogen-bond acceptors (Lipinski definition) is 2. The Bertz CT molecular complexity index is 646. The molecule has 2 rings (SSSR count). The maximum Gasteiger partial charge on any atom is 0.131 e. The second-order valence-corrected chi connectivity index (χ2v) is 7.77. The van der Waals surface area contributed by atoms with Gasteiger partial charge in [-0.3, -0.25) is 0 Å². The van der Waals surface area contributed by atoms with Crippen molar-refractivity contribution in [1.82, 2.24) is 4.98 Å². The number of nitrogens with zero attached hydrogens (tertiary/aromatic N) is 2. The molecule has 1 aromatic heterocycles. The van der Waals surface area contributed by atoms with Crippen LogP contribution in [0.3, 0.4) is 0 Å². The van der Waals surface area contributed by atoms with Gasteiger partial charge in [-0.15, -0.1) is 6.58 Å². The van der Waals surface area contributed by atoms with Crippen molar-refractivity contribution in [2.45, 2.75) is 80.6 Å². The molecule has 0 spiro atoms. The summed E-state index contributed by atoms with van der Waals surface area (Å²) in [5.41, 5.74) is 5.34. The van der Waals surface area contributed by atoms with Gasteiger partial charge in [0.25, 0.3) is 0 Å². The fourth-order valence-corrected chi connectivity index (χ4v) is 2.93. The van der Waals surface area contributed by atoms with Gasteiger partial charge in [0.2, 0.25) is 0 Å². The Labute approximate surface area is 181 Å². The Balaban J connectivity index is 0.000000586. The van der Waals surface area contributed by atoms with Crippen molar-refractivity contribution in [3.63, 3.8) is 0 Å². The van der Waals surface area contributed by atoms with Gasteiger partial charge >= 0.3 is 0 Å². The van der Waals surface area contributed by atoms with Crippen LogP contribution >= 0.6 is 0 Å². The monoisotopic (exact) mass is 396 g/mol. The third kappa shape index (κ3) is 10.9. The number of allylic oxidation sites excluding steroid dienone is 1. The van der Waals surface area contributed by atoms with Crippen molar-refractivity contribution in [2.75, 3.05) is 18.0 Å². The molecular formula is C27H44N2. The zero-order valence-corrected chi connectivity index (χ0v) is 20.3. The van der Waals surface area contributed by atoms with E-state index in [2.05, 4.69) is 96.5 Å². The van der Waals surface area contributed by atoms with E-state index in [9.17, 15) is 0 Å². The first-order valence-electron chi connectivity index (χ1n) is 11.2. The zero-order chi connectivity index (χ0) is 22.2. The minimum absolute atomic E-state index is 0.607. The molecular weight excluding hydrogens is 352 g/mol. The molecule has 0 N–H and O–H groups in total. The molecule has 1 atom stereocenters. The average Bonchev–Trinajstić information content (AvgIpc) is 2.70. The number of hydrogen-bond donors (Lipinski definition) is 0. The average molecular weight is 397 g/mol. The number of aromatic nitrogens is 1. The van der Waals surface area contributed by atoms with E-state index >= 15 is 0 Å². The second kappa shape index (κ2) is 15.8. The molecule has 29 heavy (non-hydrogen) atoms. The van der Waals surface area contributed by atoms with E-state index < -0.39 is 0 Å². The van der Waals surface area contributed by atoms with Gasteiger partial charge in [0, 0.05) is 19.3 Å². The highest BCUT2D eigenvalue weighted by Crippen LogP contribution is 2.24. The van der Waals surface area contributed by atoms with Gasteiger partial charge in [0.1, 0.15) is 5.82 Å². The molecule has 1 unspecified atom stereocenters. The van der Waals surface area contributed by atoms with Gasteiger partial charge < -0.3 is 4.90 Å². The molecule has 0 bridgehead atoms. The summed E-state index contributed by atoms with van der Waals surface area (Å²) >= 11 is 0. The molecule has 0 saturated carbocycles. The summed E-state index contributed by atoms with van der Waals surface area (Å²) < 4.78 is 0. The summed E-state index contributed by atoms with van der Waals surface area (Å²) in [4.78, 5) is 7.12. The Morgan fingerprint density at radius 3 is 1.76 bits per heavy atom. The van der Waals surface area contributed by atoms with Crippen LogP contribution in [0.4, 0.5) is 5.82 Å². The van der Waals surface area contributed by atoms with E-state index in [1.54, 1.807) is 6.08 Å². The Kier molecular flexibility index (Phi) is 14.7. The van der Waals surface area contributed by atoms with Crippen LogP contribution in [-0.4, -0.2) is 18.1 Å². The first-order chi connectivity index (χ1) is 13.8. The van der Waals surface area contributed by atoms with Gasteiger partial charge in [-0.25, -0.2) is 4.98 Å². The molecule has 1 heterocycles. The highest BCUT2D eigenvalue weighted by Gasteiger charge is 2.11. The minimum Gasteiger partial charge on any atom is -0.356 e. The SMILES string of the molecule is C=CC.CCCN(CCC)c1ncc(C(C)CC)cc1C.Cc1ccc(C)cc1. The zero-order valence-electron chi connectivity index (χ0n) is 20.3. The molecule has 0 fully saturated rings. The lowest BCUT2D eigenvalue weighted by Crippen LogP contribution is -2.26. The van der Waals surface area contributed by atoms with E-state index in [0.29, 0.717) is 5.92 Å². The fourth-order valence-electron chi connectivity index (χ4n) is 2.93. The normalized spacial score (nSPS) is 10.8. The molecule has 0 amide bonds. The Hall–Kier alpha value is -2.09. The highest BCUT2D eigenvalue weighted by atomic mass is 15.2. The lowest BCUT2D eigenvalue weighted by atomic mass is 9.99. The molecule has 162 valence electrons. The van der Waals surface area contributed by atoms with Gasteiger partial charge in [0.15, 0.2) is 0 Å². The predicted octanol–water partition coefficient (Wildman–Crippen LogP) is 8.03. The molecule has 0 aliphatic carbocycles. The summed E-state index contributed by atoms with van der Waals surface area (Å²) in [7, 11) is 0. The maximum absolute atomic E-state index is 4.71. The summed E-state index contributed by atoms with van der Waals surface area (Å²) in [5.74, 6) is 1.78. The van der Waals surface area contributed by atoms with E-state index in [0.717, 1.165) is 13.1 Å². The van der Waals surface area contributed by atoms with Crippen molar-refractivity contribution in [3.05, 3.63) is 71.4 Å². The van der Waals surface area contributed by atoms with Crippen LogP contribution in [0.1, 0.15) is 82.1 Å². The van der Waals surface area contributed by atoms with Crippen LogP contribution in [0.5, 0.6) is 0 Å². The summed E-state index contributed by atoms with van der Waals surface area (Å²) in [5, 5.41) is 0. The lowest BCUT2D eigenvalue weighted by Gasteiger charge is -2.25. The number of anilines is 1. The van der Waals surface area contributed by atoms with E-state index in [1.807, 2.05) is 6.92 Å². The van der Waals surface area contributed by atoms with Crippen LogP contribution in [-0.2, 0) is 0 Å². The van der Waals surface area contributed by atoms with Crippen molar-refractivity contribution in [1.29, 1.82) is 0 Å². The van der Waals surface area contributed by atoms with Crippen LogP contribution in [0.2, 0.25) is 0 Å². The number of benzene rings is 1. The van der Waals surface area contributed by atoms with Gasteiger partial charge in [-0.05, 0) is 64.0 Å². The summed E-state index contributed by atoms with van der Waals surface area (Å²) in [6.07, 6.45) is 7.34. The molecule has 0 radical (unpaired) electrons. The van der Waals surface area contributed by atoms with Crippen molar-refractivity contribution in [3.8, 4) is 0 Å². The molecule has 0 saturated heterocycles. The largest absolute Gasteiger partial charge is 0.356 e. The number of aryl methyl sites for hydroxylation is 3. The summed E-state index contributed by atoms with van der Waals surface area (Å²) in [6.45, 7) is 22.8. The van der Waals surface area contributed by atoms with Crippen molar-refractivity contribution < 1.29 is 0 Å².